The molecule has 146 valence electrons. The summed E-state index contributed by atoms with van der Waals surface area (Å²) in [5.74, 6) is 0.590. The van der Waals surface area contributed by atoms with E-state index >= 15 is 0 Å². The van der Waals surface area contributed by atoms with E-state index in [9.17, 15) is 4.79 Å². The van der Waals surface area contributed by atoms with Gasteiger partial charge in [0.2, 0.25) is 5.89 Å². The number of aromatic amines is 1. The molecule has 3 aromatic rings. The van der Waals surface area contributed by atoms with Gasteiger partial charge >= 0.3 is 0 Å². The van der Waals surface area contributed by atoms with Crippen LogP contribution in [0, 0.1) is 0 Å². The fraction of sp³-hybridized carbons (Fsp3) is 0.368. The summed E-state index contributed by atoms with van der Waals surface area (Å²) < 4.78 is 5.34. The van der Waals surface area contributed by atoms with Crippen LogP contribution in [0.4, 0.5) is 0 Å². The number of carbonyl (C=O) groups is 2. The lowest BCUT2D eigenvalue weighted by Gasteiger charge is -2.31. The molecule has 0 atom stereocenters. The third kappa shape index (κ3) is 3.36. The Kier molecular flexibility index (Phi) is 5.07. The second-order valence-electron chi connectivity index (χ2n) is 6.85. The molecule has 2 N–H and O–H groups in total. The predicted molar refractivity (Wildman–Crippen MR) is 101 cm³/mol. The number of oxazole rings is 1. The summed E-state index contributed by atoms with van der Waals surface area (Å²) in [6.45, 7) is 3.68. The molecule has 5 heterocycles. The Labute approximate surface area is 160 Å². The van der Waals surface area contributed by atoms with Gasteiger partial charge in [0.1, 0.15) is 6.26 Å². The number of aromatic nitrogens is 3. The Morgan fingerprint density at radius 1 is 1.25 bits per heavy atom. The van der Waals surface area contributed by atoms with Crippen molar-refractivity contribution < 1.29 is 19.1 Å². The Bertz CT molecular complexity index is 960. The van der Waals surface area contributed by atoms with E-state index in [0.717, 1.165) is 55.5 Å². The summed E-state index contributed by atoms with van der Waals surface area (Å²) in [5, 5.41) is 15.1. The third-order valence-electron chi connectivity index (χ3n) is 5.36. The van der Waals surface area contributed by atoms with Crippen molar-refractivity contribution in [1.82, 2.24) is 25.0 Å². The number of fused-ring (bicyclic) bond motifs is 5. The lowest BCUT2D eigenvalue weighted by Crippen LogP contribution is -2.41. The summed E-state index contributed by atoms with van der Waals surface area (Å²) in [6, 6.07) is 6.10. The van der Waals surface area contributed by atoms with Gasteiger partial charge in [0, 0.05) is 43.2 Å². The molecule has 3 aliphatic heterocycles. The van der Waals surface area contributed by atoms with E-state index in [-0.39, 0.29) is 12.4 Å². The topological polar surface area (TPSA) is 116 Å². The smallest absolute Gasteiger partial charge is 0.290 e. The van der Waals surface area contributed by atoms with Crippen LogP contribution in [0.3, 0.4) is 0 Å². The normalized spacial score (nSPS) is 21.1. The molecule has 9 heteroatoms. The SMILES string of the molecule is O=C(c1n[nH]c2cc(-c3ncco3)ccc12)N1CCN2CCC1CC2.O=CO. The van der Waals surface area contributed by atoms with Gasteiger partial charge in [0.25, 0.3) is 12.4 Å². The van der Waals surface area contributed by atoms with Crippen molar-refractivity contribution in [3.63, 3.8) is 0 Å². The zero-order valence-electron chi connectivity index (χ0n) is 15.2. The molecule has 0 unspecified atom stereocenters. The maximum absolute atomic E-state index is 13.1. The standard InChI is InChI=1S/C18H19N5O2.CH2O2/c24-18(23-9-8-22-6-3-13(23)4-7-22)16-14-2-1-12(11-15(14)20-21-16)17-19-5-10-25-17;2-1-3/h1-2,5,10-11,13H,3-4,6-9H2,(H,20,21);1H,(H,2,3). The van der Waals surface area contributed by atoms with Gasteiger partial charge in [-0.05, 0) is 31.0 Å². The molecule has 3 aliphatic rings. The summed E-state index contributed by atoms with van der Waals surface area (Å²) in [5.41, 5.74) is 2.19. The largest absolute Gasteiger partial charge is 0.483 e. The highest BCUT2D eigenvalue weighted by molar-refractivity contribution is 6.05. The van der Waals surface area contributed by atoms with Crippen molar-refractivity contribution in [1.29, 1.82) is 0 Å². The van der Waals surface area contributed by atoms with Crippen LogP contribution in [0.1, 0.15) is 23.3 Å². The Balaban J connectivity index is 0.000000604. The third-order valence-corrected chi connectivity index (χ3v) is 5.36. The van der Waals surface area contributed by atoms with Gasteiger partial charge in [-0.15, -0.1) is 0 Å². The average molecular weight is 383 g/mol. The molecule has 9 nitrogen and oxygen atoms in total. The molecule has 0 radical (unpaired) electrons. The highest BCUT2D eigenvalue weighted by Gasteiger charge is 2.33. The molecule has 0 saturated carbocycles. The van der Waals surface area contributed by atoms with Crippen LogP contribution >= 0.6 is 0 Å². The minimum absolute atomic E-state index is 0.0314. The zero-order valence-corrected chi connectivity index (χ0v) is 15.2. The van der Waals surface area contributed by atoms with Gasteiger partial charge in [-0.25, -0.2) is 4.98 Å². The van der Waals surface area contributed by atoms with Crippen molar-refractivity contribution in [2.24, 2.45) is 0 Å². The highest BCUT2D eigenvalue weighted by atomic mass is 16.3. The van der Waals surface area contributed by atoms with E-state index in [1.165, 1.54) is 0 Å². The molecular weight excluding hydrogens is 362 g/mol. The molecule has 0 aliphatic carbocycles. The predicted octanol–water partition coefficient (Wildman–Crippen LogP) is 1.84. The highest BCUT2D eigenvalue weighted by Crippen LogP contribution is 2.27. The molecule has 1 aromatic carbocycles. The number of piperidine rings is 1. The number of benzene rings is 1. The molecule has 6 rings (SSSR count). The number of rotatable bonds is 2. The van der Waals surface area contributed by atoms with Crippen molar-refractivity contribution in [3.8, 4) is 11.5 Å². The average Bonchev–Trinajstić information content (AvgIpc) is 3.30. The van der Waals surface area contributed by atoms with Crippen LogP contribution in [-0.2, 0) is 4.79 Å². The maximum atomic E-state index is 13.1. The Morgan fingerprint density at radius 3 is 2.75 bits per heavy atom. The van der Waals surface area contributed by atoms with Crippen LogP contribution in [0.2, 0.25) is 0 Å². The fourth-order valence-electron chi connectivity index (χ4n) is 3.97. The van der Waals surface area contributed by atoms with Gasteiger partial charge in [-0.2, -0.15) is 5.10 Å². The van der Waals surface area contributed by atoms with E-state index in [1.54, 1.807) is 12.5 Å². The quantitative estimate of drug-likeness (QED) is 0.649. The first kappa shape index (κ1) is 18.2. The van der Waals surface area contributed by atoms with Crippen LogP contribution in [-0.4, -0.2) is 74.7 Å². The number of H-pyrrole nitrogens is 1. The first-order chi connectivity index (χ1) is 13.7. The number of nitrogens with zero attached hydrogens (tertiary/aromatic N) is 4. The lowest BCUT2D eigenvalue weighted by atomic mass is 10.0. The van der Waals surface area contributed by atoms with E-state index in [1.807, 2.05) is 23.1 Å². The number of carboxylic acid groups (broad SMARTS) is 1. The number of nitrogens with one attached hydrogen (secondary N) is 1. The summed E-state index contributed by atoms with van der Waals surface area (Å²) in [6.07, 6.45) is 5.28. The summed E-state index contributed by atoms with van der Waals surface area (Å²) in [4.78, 5) is 30.1. The maximum Gasteiger partial charge on any atom is 0.290 e. The van der Waals surface area contributed by atoms with Gasteiger partial charge in [-0.1, -0.05) is 0 Å². The molecule has 0 spiro atoms. The van der Waals surface area contributed by atoms with E-state index in [4.69, 9.17) is 14.3 Å². The van der Waals surface area contributed by atoms with Crippen LogP contribution in [0.15, 0.2) is 35.1 Å². The van der Waals surface area contributed by atoms with E-state index in [0.29, 0.717) is 17.6 Å². The molecule has 3 fully saturated rings. The van der Waals surface area contributed by atoms with Crippen molar-refractivity contribution in [2.45, 2.75) is 18.9 Å². The summed E-state index contributed by atoms with van der Waals surface area (Å²) >= 11 is 0. The number of amides is 1. The van der Waals surface area contributed by atoms with Crippen molar-refractivity contribution in [2.75, 3.05) is 26.2 Å². The van der Waals surface area contributed by atoms with Gasteiger partial charge < -0.3 is 19.3 Å². The van der Waals surface area contributed by atoms with E-state index < -0.39 is 0 Å². The van der Waals surface area contributed by atoms with Crippen LogP contribution in [0.25, 0.3) is 22.4 Å². The number of hydrogen-bond donors (Lipinski definition) is 2. The van der Waals surface area contributed by atoms with Crippen molar-refractivity contribution >= 4 is 23.3 Å². The van der Waals surface area contributed by atoms with Crippen LogP contribution in [0.5, 0.6) is 0 Å². The molecule has 28 heavy (non-hydrogen) atoms. The monoisotopic (exact) mass is 383 g/mol. The Hall–Kier alpha value is -3.20. The minimum atomic E-state index is -0.250. The van der Waals surface area contributed by atoms with Crippen LogP contribution < -0.4 is 0 Å². The molecule has 3 saturated heterocycles. The molecule has 2 aromatic heterocycles. The fourth-order valence-corrected chi connectivity index (χ4v) is 3.97. The minimum Gasteiger partial charge on any atom is -0.483 e. The first-order valence-electron chi connectivity index (χ1n) is 9.20. The van der Waals surface area contributed by atoms with E-state index in [2.05, 4.69) is 20.1 Å². The van der Waals surface area contributed by atoms with Gasteiger partial charge in [-0.3, -0.25) is 14.7 Å². The van der Waals surface area contributed by atoms with Gasteiger partial charge in [0.15, 0.2) is 5.69 Å². The summed E-state index contributed by atoms with van der Waals surface area (Å²) in [7, 11) is 0. The van der Waals surface area contributed by atoms with Gasteiger partial charge in [0.05, 0.1) is 11.7 Å². The zero-order chi connectivity index (χ0) is 19.5. The molecule has 1 amide bonds. The second-order valence-corrected chi connectivity index (χ2v) is 6.85. The first-order valence-corrected chi connectivity index (χ1v) is 9.20. The Morgan fingerprint density at radius 2 is 2.04 bits per heavy atom. The molecule has 2 bridgehead atoms. The lowest BCUT2D eigenvalue weighted by molar-refractivity contribution is -0.122. The molecular formula is C19H21N5O4. The van der Waals surface area contributed by atoms with Crippen molar-refractivity contribution in [3.05, 3.63) is 36.4 Å². The number of hydrogen-bond acceptors (Lipinski definition) is 6. The second kappa shape index (κ2) is 7.81. The number of carbonyl (C=O) groups excluding carboxylic acids is 1.